The maximum atomic E-state index is 12.3. The number of para-hydroxylation sites is 2. The fourth-order valence-electron chi connectivity index (χ4n) is 3.43. The third-order valence-corrected chi connectivity index (χ3v) is 5.62. The number of carboxylic acids is 1. The highest BCUT2D eigenvalue weighted by Gasteiger charge is 2.17. The summed E-state index contributed by atoms with van der Waals surface area (Å²) < 4.78 is 37.2. The van der Waals surface area contributed by atoms with Crippen LogP contribution in [0.3, 0.4) is 0 Å². The van der Waals surface area contributed by atoms with E-state index in [1.54, 1.807) is 42.5 Å². The number of carboxylic acid groups (broad SMARTS) is 1. The lowest BCUT2D eigenvalue weighted by molar-refractivity contribution is 0.0697. The van der Waals surface area contributed by atoms with E-state index in [1.165, 1.54) is 16.4 Å². The van der Waals surface area contributed by atoms with Gasteiger partial charge in [-0.05, 0) is 47.9 Å². The molecule has 8 heteroatoms. The third kappa shape index (κ3) is 5.14. The molecule has 1 atom stereocenters. The lowest BCUT2D eigenvalue weighted by Crippen LogP contribution is -2.21. The summed E-state index contributed by atoms with van der Waals surface area (Å²) in [6, 6.07) is 26.0. The number of aromatic carboxylic acids is 1. The molecule has 0 amide bonds. The molecule has 0 aromatic heterocycles. The molecule has 4 aromatic carbocycles. The van der Waals surface area contributed by atoms with E-state index in [2.05, 4.69) is 0 Å². The summed E-state index contributed by atoms with van der Waals surface area (Å²) in [4.78, 5) is 10.9. The Morgan fingerprint density at radius 3 is 2.21 bits per heavy atom. The first-order valence-electron chi connectivity index (χ1n) is 10.1. The van der Waals surface area contributed by atoms with Crippen LogP contribution in [0.1, 0.15) is 10.4 Å². The van der Waals surface area contributed by atoms with Gasteiger partial charge in [0.25, 0.3) is 0 Å². The second-order valence-corrected chi connectivity index (χ2v) is 7.80. The van der Waals surface area contributed by atoms with Crippen LogP contribution >= 0.6 is 0 Å². The number of hydrogen-bond acceptors (Lipinski definition) is 5. The molecule has 0 radical (unpaired) electrons. The van der Waals surface area contributed by atoms with E-state index >= 15 is 0 Å². The highest BCUT2D eigenvalue weighted by Crippen LogP contribution is 2.38. The average Bonchev–Trinajstić information content (AvgIpc) is 2.83. The molecular formula is C25H20NO6S-. The molecule has 0 aliphatic carbocycles. The van der Waals surface area contributed by atoms with Crippen LogP contribution in [-0.4, -0.2) is 33.1 Å². The molecule has 33 heavy (non-hydrogen) atoms. The fraction of sp³-hybridized carbons (Fsp3) is 0.0800. The molecule has 0 saturated heterocycles. The molecule has 7 nitrogen and oxygen atoms in total. The molecule has 0 aliphatic heterocycles. The molecule has 168 valence electrons. The van der Waals surface area contributed by atoms with E-state index in [1.807, 2.05) is 36.4 Å². The summed E-state index contributed by atoms with van der Waals surface area (Å²) in [5.41, 5.74) is 1.08. The molecule has 0 fully saturated rings. The van der Waals surface area contributed by atoms with Crippen molar-refractivity contribution >= 4 is 39.4 Å². The van der Waals surface area contributed by atoms with Crippen LogP contribution in [0, 0.1) is 0 Å². The fourth-order valence-corrected chi connectivity index (χ4v) is 4.06. The number of anilines is 2. The van der Waals surface area contributed by atoms with Crippen molar-refractivity contribution in [2.75, 3.05) is 17.5 Å². The zero-order chi connectivity index (χ0) is 23.2. The van der Waals surface area contributed by atoms with Gasteiger partial charge in [0, 0.05) is 5.39 Å². The van der Waals surface area contributed by atoms with E-state index < -0.39 is 17.2 Å². The van der Waals surface area contributed by atoms with Crippen LogP contribution in [0.2, 0.25) is 0 Å². The van der Waals surface area contributed by atoms with E-state index in [-0.39, 0.29) is 18.8 Å². The van der Waals surface area contributed by atoms with Crippen molar-refractivity contribution in [3.63, 3.8) is 0 Å². The Labute approximate surface area is 193 Å². The van der Waals surface area contributed by atoms with Gasteiger partial charge >= 0.3 is 5.97 Å². The Morgan fingerprint density at radius 2 is 1.45 bits per heavy atom. The van der Waals surface area contributed by atoms with Crippen molar-refractivity contribution in [3.8, 4) is 11.5 Å². The van der Waals surface area contributed by atoms with Crippen molar-refractivity contribution in [1.82, 2.24) is 0 Å². The number of hydrogen-bond donors (Lipinski definition) is 1. The lowest BCUT2D eigenvalue weighted by atomic mass is 10.1. The molecule has 4 rings (SSSR count). The van der Waals surface area contributed by atoms with Crippen LogP contribution in [0.15, 0.2) is 91.0 Å². The Bertz CT molecular complexity index is 1290. The average molecular weight is 463 g/mol. The minimum atomic E-state index is -2.59. The second kappa shape index (κ2) is 10.2. The van der Waals surface area contributed by atoms with Gasteiger partial charge in [-0.15, -0.1) is 0 Å². The molecule has 0 saturated carbocycles. The van der Waals surface area contributed by atoms with Gasteiger partial charge < -0.3 is 19.1 Å². The lowest BCUT2D eigenvalue weighted by Gasteiger charge is -2.29. The molecule has 1 unspecified atom stereocenters. The number of ether oxygens (including phenoxy) is 2. The van der Waals surface area contributed by atoms with E-state index in [0.29, 0.717) is 22.9 Å². The molecule has 0 bridgehead atoms. The Morgan fingerprint density at radius 1 is 0.818 bits per heavy atom. The Hall–Kier alpha value is -3.88. The molecular weight excluding hydrogens is 442 g/mol. The zero-order valence-corrected chi connectivity index (χ0v) is 18.2. The van der Waals surface area contributed by atoms with Crippen LogP contribution in [0.5, 0.6) is 11.5 Å². The zero-order valence-electron chi connectivity index (χ0n) is 17.4. The SMILES string of the molecule is O=C(O)c1ccc(OCCOc2ccccc2N(c2cccc3ccccc23)S(=O)[O-])cc1. The van der Waals surface area contributed by atoms with Gasteiger partial charge in [-0.2, -0.15) is 0 Å². The predicted molar refractivity (Wildman–Crippen MR) is 126 cm³/mol. The minimum Gasteiger partial charge on any atom is -0.755 e. The Balaban J connectivity index is 1.52. The van der Waals surface area contributed by atoms with Crippen molar-refractivity contribution in [2.45, 2.75) is 0 Å². The normalized spacial score (nSPS) is 11.7. The summed E-state index contributed by atoms with van der Waals surface area (Å²) >= 11 is -2.59. The monoisotopic (exact) mass is 462 g/mol. The van der Waals surface area contributed by atoms with E-state index in [4.69, 9.17) is 14.6 Å². The number of carbonyl (C=O) groups is 1. The van der Waals surface area contributed by atoms with Gasteiger partial charge in [0.15, 0.2) is 0 Å². The summed E-state index contributed by atoms with van der Waals surface area (Å²) in [7, 11) is 0. The third-order valence-electron chi connectivity index (χ3n) is 4.93. The summed E-state index contributed by atoms with van der Waals surface area (Å²) in [6.07, 6.45) is 0. The summed E-state index contributed by atoms with van der Waals surface area (Å²) in [5.74, 6) is -0.109. The van der Waals surface area contributed by atoms with Gasteiger partial charge in [-0.3, -0.25) is 8.51 Å². The molecule has 0 spiro atoms. The number of nitrogens with zero attached hydrogens (tertiary/aromatic N) is 1. The summed E-state index contributed by atoms with van der Waals surface area (Å²) in [6.45, 7) is 0.349. The highest BCUT2D eigenvalue weighted by atomic mass is 32.2. The molecule has 1 N–H and O–H groups in total. The van der Waals surface area contributed by atoms with Gasteiger partial charge in [0.2, 0.25) is 0 Å². The van der Waals surface area contributed by atoms with E-state index in [9.17, 15) is 13.6 Å². The second-order valence-electron chi connectivity index (χ2n) is 7.00. The van der Waals surface area contributed by atoms with Gasteiger partial charge in [-0.25, -0.2) is 4.79 Å². The largest absolute Gasteiger partial charge is 0.755 e. The van der Waals surface area contributed by atoms with Gasteiger partial charge in [0.05, 0.1) is 28.2 Å². The molecule has 4 aromatic rings. The predicted octanol–water partition coefficient (Wildman–Crippen LogP) is 4.93. The van der Waals surface area contributed by atoms with Gasteiger partial charge in [0.1, 0.15) is 24.7 Å². The topological polar surface area (TPSA) is 99.1 Å². The number of benzene rings is 4. The summed E-state index contributed by atoms with van der Waals surface area (Å²) in [5, 5.41) is 10.7. The van der Waals surface area contributed by atoms with Crippen LogP contribution in [0.25, 0.3) is 10.8 Å². The van der Waals surface area contributed by atoms with Crippen molar-refractivity contribution in [2.24, 2.45) is 0 Å². The number of rotatable bonds is 9. The van der Waals surface area contributed by atoms with Crippen molar-refractivity contribution < 1.29 is 28.1 Å². The van der Waals surface area contributed by atoms with Crippen LogP contribution in [-0.2, 0) is 11.3 Å². The molecule has 0 aliphatic rings. The van der Waals surface area contributed by atoms with Crippen LogP contribution < -0.4 is 13.8 Å². The van der Waals surface area contributed by atoms with E-state index in [0.717, 1.165) is 10.8 Å². The minimum absolute atomic E-state index is 0.159. The maximum absolute atomic E-state index is 12.3. The van der Waals surface area contributed by atoms with Crippen molar-refractivity contribution in [3.05, 3.63) is 96.6 Å². The highest BCUT2D eigenvalue weighted by molar-refractivity contribution is 7.81. The first kappa shape index (κ1) is 22.3. The quantitative estimate of drug-likeness (QED) is 0.280. The maximum Gasteiger partial charge on any atom is 0.335 e. The van der Waals surface area contributed by atoms with Gasteiger partial charge in [-0.1, -0.05) is 48.5 Å². The number of fused-ring (bicyclic) bond motifs is 1. The molecule has 0 heterocycles. The standard InChI is InChI=1S/C25H21NO6S/c27-25(28)19-12-14-20(15-13-19)31-16-17-32-24-11-4-3-9-23(24)26(33(29)30)22-10-5-7-18-6-1-2-8-21(18)22/h1-15H,16-17H2,(H,27,28)(H,29,30)/p-1. The van der Waals surface area contributed by atoms with Crippen molar-refractivity contribution in [1.29, 1.82) is 0 Å². The first-order chi connectivity index (χ1) is 16.0. The van der Waals surface area contributed by atoms with Crippen LogP contribution in [0.4, 0.5) is 11.4 Å². The smallest absolute Gasteiger partial charge is 0.335 e. The first-order valence-corrected chi connectivity index (χ1v) is 11.1. The Kier molecular flexibility index (Phi) is 6.87.